The maximum absolute atomic E-state index is 13.1. The van der Waals surface area contributed by atoms with Gasteiger partial charge in [-0.1, -0.05) is 45.6 Å². The standard InChI is InChI=1S/C26H40N4O4Si/c1-17(2)19-8-10-20(11-9-19)30-22-12-13-29(26(32)34-14-15-35(5,6)7)25(18(3)27)24(22)21(28-30)16-23(31)33-4/h8-11,17-18,25H,12-16,27H2,1-7H3. The van der Waals surface area contributed by atoms with Crippen molar-refractivity contribution in [2.45, 2.75) is 77.3 Å². The van der Waals surface area contributed by atoms with Crippen molar-refractivity contribution >= 4 is 20.1 Å². The molecule has 2 aromatic rings. The largest absolute Gasteiger partial charge is 0.469 e. The zero-order valence-corrected chi connectivity index (χ0v) is 23.1. The maximum Gasteiger partial charge on any atom is 0.410 e. The van der Waals surface area contributed by atoms with Gasteiger partial charge in [0.2, 0.25) is 0 Å². The number of nitrogens with two attached hydrogens (primary N) is 1. The highest BCUT2D eigenvalue weighted by Crippen LogP contribution is 2.36. The van der Waals surface area contributed by atoms with E-state index in [2.05, 4.69) is 45.6 Å². The van der Waals surface area contributed by atoms with Crippen molar-refractivity contribution < 1.29 is 19.1 Å². The minimum atomic E-state index is -1.33. The van der Waals surface area contributed by atoms with E-state index in [-0.39, 0.29) is 24.5 Å². The Labute approximate surface area is 209 Å². The van der Waals surface area contributed by atoms with Crippen LogP contribution < -0.4 is 5.73 Å². The number of carbonyl (C=O) groups is 2. The van der Waals surface area contributed by atoms with Crippen LogP contribution in [0.2, 0.25) is 25.7 Å². The van der Waals surface area contributed by atoms with Crippen molar-refractivity contribution in [3.63, 3.8) is 0 Å². The molecule has 1 aliphatic heterocycles. The van der Waals surface area contributed by atoms with E-state index < -0.39 is 14.1 Å². The van der Waals surface area contributed by atoms with E-state index in [9.17, 15) is 9.59 Å². The summed E-state index contributed by atoms with van der Waals surface area (Å²) in [6.45, 7) is 13.8. The van der Waals surface area contributed by atoms with Crippen LogP contribution in [0.1, 0.15) is 55.2 Å². The minimum absolute atomic E-state index is 0.0116. The number of fused-ring (bicyclic) bond motifs is 1. The normalized spacial score (nSPS) is 16.7. The van der Waals surface area contributed by atoms with Gasteiger partial charge in [0.15, 0.2) is 0 Å². The van der Waals surface area contributed by atoms with Crippen LogP contribution in [0.15, 0.2) is 24.3 Å². The van der Waals surface area contributed by atoms with E-state index >= 15 is 0 Å². The molecule has 192 valence electrons. The lowest BCUT2D eigenvalue weighted by Gasteiger charge is -2.38. The maximum atomic E-state index is 13.1. The van der Waals surface area contributed by atoms with Crippen molar-refractivity contribution in [3.05, 3.63) is 46.8 Å². The zero-order chi connectivity index (χ0) is 25.9. The number of methoxy groups -OCH3 is 1. The van der Waals surface area contributed by atoms with Gasteiger partial charge in [-0.25, -0.2) is 9.48 Å². The molecule has 2 atom stereocenters. The number of rotatable bonds is 8. The van der Waals surface area contributed by atoms with Gasteiger partial charge in [0, 0.05) is 32.6 Å². The summed E-state index contributed by atoms with van der Waals surface area (Å²) in [5.74, 6) is 0.0410. The summed E-state index contributed by atoms with van der Waals surface area (Å²) >= 11 is 0. The Morgan fingerprint density at radius 1 is 1.17 bits per heavy atom. The summed E-state index contributed by atoms with van der Waals surface area (Å²) in [5, 5.41) is 4.83. The predicted octanol–water partition coefficient (Wildman–Crippen LogP) is 4.43. The highest BCUT2D eigenvalue weighted by atomic mass is 28.3. The second-order valence-electron chi connectivity index (χ2n) is 10.9. The Kier molecular flexibility index (Phi) is 8.43. The summed E-state index contributed by atoms with van der Waals surface area (Å²) in [6.07, 6.45) is 0.230. The first-order valence-corrected chi connectivity index (χ1v) is 16.1. The number of hydrogen-bond acceptors (Lipinski definition) is 6. The predicted molar refractivity (Wildman–Crippen MR) is 140 cm³/mol. The van der Waals surface area contributed by atoms with Crippen molar-refractivity contribution in [3.8, 4) is 5.69 Å². The fourth-order valence-corrected chi connectivity index (χ4v) is 5.17. The van der Waals surface area contributed by atoms with Crippen LogP contribution in [0.25, 0.3) is 5.69 Å². The van der Waals surface area contributed by atoms with E-state index in [4.69, 9.17) is 20.3 Å². The Morgan fingerprint density at radius 3 is 2.37 bits per heavy atom. The lowest BCUT2D eigenvalue weighted by atomic mass is 9.91. The van der Waals surface area contributed by atoms with E-state index in [1.165, 1.54) is 12.7 Å². The molecule has 0 saturated heterocycles. The Balaban J connectivity index is 2.01. The second kappa shape index (κ2) is 10.9. The zero-order valence-electron chi connectivity index (χ0n) is 22.1. The van der Waals surface area contributed by atoms with Crippen LogP contribution >= 0.6 is 0 Å². The molecule has 0 radical (unpaired) electrons. The number of benzene rings is 1. The Bertz CT molecular complexity index is 1040. The van der Waals surface area contributed by atoms with Gasteiger partial charge in [-0.3, -0.25) is 9.69 Å². The first-order valence-electron chi connectivity index (χ1n) is 12.4. The van der Waals surface area contributed by atoms with Crippen molar-refractivity contribution in [2.75, 3.05) is 20.3 Å². The molecular formula is C26H40N4O4Si. The van der Waals surface area contributed by atoms with Gasteiger partial charge >= 0.3 is 12.1 Å². The molecular weight excluding hydrogens is 460 g/mol. The lowest BCUT2D eigenvalue weighted by molar-refractivity contribution is -0.139. The molecule has 0 spiro atoms. The first kappa shape index (κ1) is 26.9. The van der Waals surface area contributed by atoms with Crippen LogP contribution in [-0.4, -0.2) is 61.1 Å². The van der Waals surface area contributed by atoms with Crippen molar-refractivity contribution in [1.29, 1.82) is 0 Å². The topological polar surface area (TPSA) is 99.7 Å². The first-order chi connectivity index (χ1) is 16.4. The molecule has 1 aromatic carbocycles. The molecule has 0 aliphatic carbocycles. The van der Waals surface area contributed by atoms with Crippen LogP contribution in [-0.2, 0) is 27.1 Å². The minimum Gasteiger partial charge on any atom is -0.469 e. The van der Waals surface area contributed by atoms with E-state index in [1.54, 1.807) is 4.90 Å². The summed E-state index contributed by atoms with van der Waals surface area (Å²) in [4.78, 5) is 27.1. The summed E-state index contributed by atoms with van der Waals surface area (Å²) in [7, 11) is 0.0305. The molecule has 9 heteroatoms. The van der Waals surface area contributed by atoms with Crippen LogP contribution in [0.5, 0.6) is 0 Å². The van der Waals surface area contributed by atoms with Crippen LogP contribution in [0.4, 0.5) is 4.79 Å². The summed E-state index contributed by atoms with van der Waals surface area (Å²) < 4.78 is 12.5. The van der Waals surface area contributed by atoms with Gasteiger partial charge in [0.25, 0.3) is 0 Å². The van der Waals surface area contributed by atoms with E-state index in [0.717, 1.165) is 23.0 Å². The van der Waals surface area contributed by atoms with Gasteiger partial charge in [-0.15, -0.1) is 0 Å². The number of amides is 1. The van der Waals surface area contributed by atoms with Crippen LogP contribution in [0, 0.1) is 0 Å². The molecule has 2 heterocycles. The fraction of sp³-hybridized carbons (Fsp3) is 0.577. The highest BCUT2D eigenvalue weighted by molar-refractivity contribution is 6.76. The van der Waals surface area contributed by atoms with Gasteiger partial charge in [0.05, 0.1) is 43.3 Å². The smallest absolute Gasteiger partial charge is 0.410 e. The molecule has 1 amide bonds. The van der Waals surface area contributed by atoms with Crippen molar-refractivity contribution in [1.82, 2.24) is 14.7 Å². The molecule has 2 N–H and O–H groups in total. The van der Waals surface area contributed by atoms with Gasteiger partial charge in [-0.05, 0) is 36.6 Å². The fourth-order valence-electron chi connectivity index (χ4n) is 4.45. The second-order valence-corrected chi connectivity index (χ2v) is 16.5. The third-order valence-corrected chi connectivity index (χ3v) is 8.18. The number of aromatic nitrogens is 2. The highest BCUT2D eigenvalue weighted by Gasteiger charge is 2.39. The molecule has 1 aliphatic rings. The lowest BCUT2D eigenvalue weighted by Crippen LogP contribution is -2.47. The summed E-state index contributed by atoms with van der Waals surface area (Å²) in [6, 6.07) is 8.37. The number of carbonyl (C=O) groups excluding carboxylic acids is 2. The third kappa shape index (κ3) is 6.32. The van der Waals surface area contributed by atoms with E-state index in [1.807, 2.05) is 23.7 Å². The number of hydrogen-bond donors (Lipinski definition) is 1. The molecule has 0 bridgehead atoms. The third-order valence-electron chi connectivity index (χ3n) is 6.47. The number of esters is 1. The van der Waals surface area contributed by atoms with Crippen LogP contribution in [0.3, 0.4) is 0 Å². The molecule has 0 fully saturated rings. The van der Waals surface area contributed by atoms with Crippen molar-refractivity contribution in [2.24, 2.45) is 5.73 Å². The average molecular weight is 501 g/mol. The summed E-state index contributed by atoms with van der Waals surface area (Å²) in [5.41, 5.74) is 11.0. The molecule has 8 nitrogen and oxygen atoms in total. The van der Waals surface area contributed by atoms with Gasteiger partial charge in [0.1, 0.15) is 0 Å². The average Bonchev–Trinajstić information content (AvgIpc) is 3.15. The molecule has 35 heavy (non-hydrogen) atoms. The Hall–Kier alpha value is -2.65. The molecule has 1 aromatic heterocycles. The molecule has 3 rings (SSSR count). The Morgan fingerprint density at radius 2 is 1.83 bits per heavy atom. The number of nitrogens with zero attached hydrogens (tertiary/aromatic N) is 3. The molecule has 0 saturated carbocycles. The molecule has 2 unspecified atom stereocenters. The van der Waals surface area contributed by atoms with E-state index in [0.29, 0.717) is 31.2 Å². The number of ether oxygens (including phenoxy) is 2. The SMILES string of the molecule is COC(=O)Cc1nn(-c2ccc(C(C)C)cc2)c2c1C(C(C)N)N(C(=O)OCC[Si](C)(C)C)CC2. The monoisotopic (exact) mass is 500 g/mol. The quantitative estimate of drug-likeness (QED) is 0.425. The van der Waals surface area contributed by atoms with Gasteiger partial charge in [-0.2, -0.15) is 5.10 Å². The van der Waals surface area contributed by atoms with Gasteiger partial charge < -0.3 is 15.2 Å².